The molecule has 2 aromatic rings. The molecule has 3 N–H and O–H groups in total. The molecule has 0 unspecified atom stereocenters. The third-order valence-corrected chi connectivity index (χ3v) is 3.51. The van der Waals surface area contributed by atoms with Crippen LogP contribution in [-0.2, 0) is 0 Å². The number of hydrogen-bond donors (Lipinski definition) is 3. The molecule has 0 amide bonds. The van der Waals surface area contributed by atoms with E-state index in [0.717, 1.165) is 9.79 Å². The number of hydroxylamine groups is 1. The molecule has 0 spiro atoms. The summed E-state index contributed by atoms with van der Waals surface area (Å²) in [6.07, 6.45) is 3.23. The predicted octanol–water partition coefficient (Wildman–Crippen LogP) is 3.19. The van der Waals surface area contributed by atoms with Crippen molar-refractivity contribution >= 4 is 29.2 Å². The van der Waals surface area contributed by atoms with Gasteiger partial charge in [-0.1, -0.05) is 23.4 Å². The topological polar surface area (TPSA) is 69.0 Å². The number of pyridine rings is 1. The summed E-state index contributed by atoms with van der Waals surface area (Å²) in [5, 5.41) is 17.1. The Morgan fingerprint density at radius 2 is 2.00 bits per heavy atom. The number of hydrogen-bond acceptors (Lipinski definition) is 4. The number of halogens is 1. The van der Waals surface area contributed by atoms with Gasteiger partial charge in [0.15, 0.2) is 5.84 Å². The number of amidine groups is 1. The average molecular weight is 280 g/mol. The highest BCUT2D eigenvalue weighted by Gasteiger charge is 2.08. The minimum Gasteiger partial charge on any atom is -0.290 e. The van der Waals surface area contributed by atoms with Gasteiger partial charge < -0.3 is 0 Å². The van der Waals surface area contributed by atoms with Crippen molar-refractivity contribution in [1.82, 2.24) is 10.5 Å². The molecule has 1 heterocycles. The van der Waals surface area contributed by atoms with E-state index in [0.29, 0.717) is 10.6 Å². The van der Waals surface area contributed by atoms with E-state index in [2.05, 4.69) is 4.98 Å². The van der Waals surface area contributed by atoms with Crippen molar-refractivity contribution in [2.45, 2.75) is 9.79 Å². The molecule has 0 aliphatic heterocycles. The fourth-order valence-corrected chi connectivity index (χ4v) is 2.40. The zero-order chi connectivity index (χ0) is 13.0. The van der Waals surface area contributed by atoms with Crippen LogP contribution in [0.15, 0.2) is 52.5 Å². The van der Waals surface area contributed by atoms with Crippen molar-refractivity contribution in [3.8, 4) is 0 Å². The molecular formula is C12H10ClN3OS. The summed E-state index contributed by atoms with van der Waals surface area (Å²) < 4.78 is 0. The molecule has 0 radical (unpaired) electrons. The molecule has 92 valence electrons. The molecule has 2 rings (SSSR count). The molecule has 4 nitrogen and oxygen atoms in total. The van der Waals surface area contributed by atoms with Crippen LogP contribution >= 0.6 is 23.4 Å². The number of nitrogens with one attached hydrogen (secondary N) is 2. The monoisotopic (exact) mass is 279 g/mol. The molecule has 6 heteroatoms. The van der Waals surface area contributed by atoms with E-state index in [1.165, 1.54) is 11.8 Å². The second-order valence-electron chi connectivity index (χ2n) is 3.41. The van der Waals surface area contributed by atoms with Crippen LogP contribution in [-0.4, -0.2) is 16.0 Å². The van der Waals surface area contributed by atoms with E-state index in [9.17, 15) is 0 Å². The van der Waals surface area contributed by atoms with Gasteiger partial charge in [0.05, 0.1) is 0 Å². The third-order valence-electron chi connectivity index (χ3n) is 2.21. The highest BCUT2D eigenvalue weighted by Crippen LogP contribution is 2.30. The lowest BCUT2D eigenvalue weighted by atomic mass is 10.2. The van der Waals surface area contributed by atoms with Gasteiger partial charge in [-0.05, 0) is 30.3 Å². The molecule has 0 fully saturated rings. The van der Waals surface area contributed by atoms with Gasteiger partial charge in [0, 0.05) is 32.8 Å². The first-order valence-corrected chi connectivity index (χ1v) is 6.26. The average Bonchev–Trinajstić information content (AvgIpc) is 2.41. The lowest BCUT2D eigenvalue weighted by Gasteiger charge is -2.08. The first-order valence-electron chi connectivity index (χ1n) is 5.07. The lowest BCUT2D eigenvalue weighted by Crippen LogP contribution is -2.19. The molecule has 0 bridgehead atoms. The minimum absolute atomic E-state index is 0.0612. The van der Waals surface area contributed by atoms with E-state index in [4.69, 9.17) is 22.2 Å². The third kappa shape index (κ3) is 3.01. The molecule has 0 aliphatic rings. The Bertz CT molecular complexity index is 560. The Hall–Kier alpha value is -1.56. The Kier molecular flexibility index (Phi) is 4.19. The maximum absolute atomic E-state index is 8.79. The van der Waals surface area contributed by atoms with Crippen molar-refractivity contribution in [3.05, 3.63) is 53.3 Å². The summed E-state index contributed by atoms with van der Waals surface area (Å²) in [5.74, 6) is -0.0612. The maximum Gasteiger partial charge on any atom is 0.150 e. The van der Waals surface area contributed by atoms with Crippen LogP contribution in [0.25, 0.3) is 0 Å². The molecule has 0 aliphatic carbocycles. The Morgan fingerprint density at radius 3 is 2.67 bits per heavy atom. The second kappa shape index (κ2) is 5.86. The number of nitrogens with zero attached hydrogens (tertiary/aromatic N) is 1. The largest absolute Gasteiger partial charge is 0.290 e. The normalized spacial score (nSPS) is 10.1. The van der Waals surface area contributed by atoms with Crippen LogP contribution in [0.5, 0.6) is 0 Å². The van der Waals surface area contributed by atoms with Crippen molar-refractivity contribution in [3.63, 3.8) is 0 Å². The van der Waals surface area contributed by atoms with E-state index in [1.807, 2.05) is 17.6 Å². The molecule has 0 saturated heterocycles. The van der Waals surface area contributed by atoms with Crippen molar-refractivity contribution < 1.29 is 5.21 Å². The van der Waals surface area contributed by atoms with Crippen molar-refractivity contribution in [1.29, 1.82) is 5.41 Å². The van der Waals surface area contributed by atoms with Crippen LogP contribution < -0.4 is 5.48 Å². The summed E-state index contributed by atoms with van der Waals surface area (Å²) in [6, 6.07) is 9.05. The Labute approximate surface area is 113 Å². The molecule has 1 aromatic carbocycles. The number of rotatable bonds is 3. The van der Waals surface area contributed by atoms with Crippen molar-refractivity contribution in [2.75, 3.05) is 0 Å². The van der Waals surface area contributed by atoms with Gasteiger partial charge in [0.1, 0.15) is 0 Å². The summed E-state index contributed by atoms with van der Waals surface area (Å²) in [5.41, 5.74) is 2.43. The molecule has 0 atom stereocenters. The minimum atomic E-state index is -0.0612. The smallest absolute Gasteiger partial charge is 0.150 e. The number of aromatic nitrogens is 1. The van der Waals surface area contributed by atoms with Gasteiger partial charge in [-0.25, -0.2) is 0 Å². The SMILES string of the molecule is N=C(NO)c1ccncc1Sc1ccc(Cl)cc1. The summed E-state index contributed by atoms with van der Waals surface area (Å²) in [4.78, 5) is 5.79. The standard InChI is InChI=1S/C12H10ClN3OS/c13-8-1-3-9(4-2-8)18-11-7-15-6-5-10(11)12(14)16-17/h1-7,17H,(H2,14,16). The van der Waals surface area contributed by atoms with Gasteiger partial charge in [-0.2, -0.15) is 0 Å². The fourth-order valence-electron chi connectivity index (χ4n) is 1.36. The van der Waals surface area contributed by atoms with Gasteiger partial charge in [0.2, 0.25) is 0 Å². The van der Waals surface area contributed by atoms with Crippen LogP contribution in [0.2, 0.25) is 5.02 Å². The lowest BCUT2D eigenvalue weighted by molar-refractivity contribution is 0.234. The second-order valence-corrected chi connectivity index (χ2v) is 4.97. The van der Waals surface area contributed by atoms with Gasteiger partial charge in [0.25, 0.3) is 0 Å². The van der Waals surface area contributed by atoms with E-state index in [-0.39, 0.29) is 5.84 Å². The van der Waals surface area contributed by atoms with Gasteiger partial charge in [-0.3, -0.25) is 21.1 Å². The zero-order valence-corrected chi connectivity index (χ0v) is 10.8. The quantitative estimate of drug-likeness (QED) is 0.458. The summed E-state index contributed by atoms with van der Waals surface area (Å²) in [6.45, 7) is 0. The van der Waals surface area contributed by atoms with Gasteiger partial charge in [-0.15, -0.1) is 0 Å². The first kappa shape index (κ1) is 12.9. The van der Waals surface area contributed by atoms with Crippen LogP contribution in [0.4, 0.5) is 0 Å². The molecule has 0 saturated carbocycles. The maximum atomic E-state index is 8.79. The predicted molar refractivity (Wildman–Crippen MR) is 71.6 cm³/mol. The molecule has 18 heavy (non-hydrogen) atoms. The fraction of sp³-hybridized carbons (Fsp3) is 0. The van der Waals surface area contributed by atoms with E-state index >= 15 is 0 Å². The first-order chi connectivity index (χ1) is 8.70. The van der Waals surface area contributed by atoms with E-state index < -0.39 is 0 Å². The van der Waals surface area contributed by atoms with Gasteiger partial charge >= 0.3 is 0 Å². The highest BCUT2D eigenvalue weighted by atomic mass is 35.5. The highest BCUT2D eigenvalue weighted by molar-refractivity contribution is 7.99. The van der Waals surface area contributed by atoms with Crippen LogP contribution in [0.3, 0.4) is 0 Å². The Morgan fingerprint density at radius 1 is 1.28 bits per heavy atom. The zero-order valence-electron chi connectivity index (χ0n) is 9.22. The summed E-state index contributed by atoms with van der Waals surface area (Å²) >= 11 is 7.27. The van der Waals surface area contributed by atoms with Crippen LogP contribution in [0, 0.1) is 5.41 Å². The number of benzene rings is 1. The molecular weight excluding hydrogens is 270 g/mol. The van der Waals surface area contributed by atoms with Crippen molar-refractivity contribution in [2.24, 2.45) is 0 Å². The molecule has 1 aromatic heterocycles. The Balaban J connectivity index is 2.28. The van der Waals surface area contributed by atoms with Crippen LogP contribution in [0.1, 0.15) is 5.56 Å². The van der Waals surface area contributed by atoms with E-state index in [1.54, 1.807) is 30.6 Å². The summed E-state index contributed by atoms with van der Waals surface area (Å²) in [7, 11) is 0.